The number of piperazine rings is 1. The molecule has 48 heavy (non-hydrogen) atoms. The van der Waals surface area contributed by atoms with Crippen LogP contribution in [0.5, 0.6) is 5.75 Å². The maximum Gasteiger partial charge on any atom is 0.303 e. The second-order valence-electron chi connectivity index (χ2n) is 14.7. The molecule has 4 heterocycles. The number of benzene rings is 2. The highest BCUT2D eigenvalue weighted by Crippen LogP contribution is 2.66. The minimum Gasteiger partial charge on any atom is -0.497 e. The first kappa shape index (κ1) is 31.8. The smallest absolute Gasteiger partial charge is 0.303 e. The highest BCUT2D eigenvalue weighted by molar-refractivity contribution is 7.87. The molecule has 4 fully saturated rings. The summed E-state index contributed by atoms with van der Waals surface area (Å²) in [4.78, 5) is 32.7. The van der Waals surface area contributed by atoms with Crippen LogP contribution in [0.1, 0.15) is 71.8 Å². The molecule has 3 aliphatic heterocycles. The molecule has 2 aromatic carbocycles. The molecule has 11 nitrogen and oxygen atoms in total. The largest absolute Gasteiger partial charge is 0.497 e. The van der Waals surface area contributed by atoms with Gasteiger partial charge in [0, 0.05) is 61.7 Å². The molecule has 256 valence electrons. The van der Waals surface area contributed by atoms with Gasteiger partial charge in [-0.25, -0.2) is 4.72 Å². The third-order valence-electron chi connectivity index (χ3n) is 11.8. The number of carbonyl (C=O) groups is 2. The van der Waals surface area contributed by atoms with Crippen molar-refractivity contribution >= 4 is 32.9 Å². The van der Waals surface area contributed by atoms with Crippen molar-refractivity contribution in [2.24, 2.45) is 5.41 Å². The molecule has 8 rings (SSSR count). The minimum absolute atomic E-state index is 0.0386. The van der Waals surface area contributed by atoms with Gasteiger partial charge < -0.3 is 18.9 Å². The standard InChI is InChI=1S/C36H45N5O6S/c1-38(2)48(44,45)37-34(42)23-10-12-28-31(14-23)41-21-36(35(43)40-17-24-19-47-20-25(18-40)39(24)3)16-30(36)29-15-26(46-4)11-13-27(29)33(41)32(28)22-8-6-5-7-9-22/h10-15,22,24-25,30H,5-9,16-21H2,1-4H3,(H,37,42). The van der Waals surface area contributed by atoms with Crippen LogP contribution < -0.4 is 9.46 Å². The average molecular weight is 676 g/mol. The van der Waals surface area contributed by atoms with Gasteiger partial charge in [0.15, 0.2) is 0 Å². The van der Waals surface area contributed by atoms with Gasteiger partial charge in [-0.05, 0) is 73.7 Å². The Morgan fingerprint density at radius 3 is 2.44 bits per heavy atom. The molecule has 2 saturated carbocycles. The Morgan fingerprint density at radius 2 is 1.75 bits per heavy atom. The van der Waals surface area contributed by atoms with Crippen LogP contribution in [-0.4, -0.2) is 106 Å². The van der Waals surface area contributed by atoms with Crippen LogP contribution in [0.4, 0.5) is 0 Å². The fraction of sp³-hybridized carbons (Fsp3) is 0.556. The Bertz CT molecular complexity index is 1900. The van der Waals surface area contributed by atoms with Crippen LogP contribution in [0.2, 0.25) is 0 Å². The quantitative estimate of drug-likeness (QED) is 0.422. The van der Waals surface area contributed by atoms with Gasteiger partial charge in [-0.15, -0.1) is 0 Å². The van der Waals surface area contributed by atoms with Crippen molar-refractivity contribution in [3.05, 3.63) is 53.1 Å². The number of rotatable bonds is 6. The van der Waals surface area contributed by atoms with E-state index in [0.717, 1.165) is 69.9 Å². The number of fused-ring (bicyclic) bond motifs is 9. The Morgan fingerprint density at radius 1 is 1.02 bits per heavy atom. The van der Waals surface area contributed by atoms with E-state index in [2.05, 4.69) is 38.3 Å². The number of nitrogens with one attached hydrogen (secondary N) is 1. The molecule has 1 N–H and O–H groups in total. The van der Waals surface area contributed by atoms with Crippen LogP contribution in [0.25, 0.3) is 22.2 Å². The lowest BCUT2D eigenvalue weighted by Crippen LogP contribution is -2.65. The lowest BCUT2D eigenvalue weighted by Gasteiger charge is -2.48. The van der Waals surface area contributed by atoms with Crippen molar-refractivity contribution in [3.63, 3.8) is 0 Å². The highest BCUT2D eigenvalue weighted by Gasteiger charge is 2.64. The van der Waals surface area contributed by atoms with Crippen LogP contribution in [0.3, 0.4) is 0 Å². The molecule has 5 aliphatic rings. The van der Waals surface area contributed by atoms with Crippen LogP contribution in [-0.2, 0) is 26.3 Å². The average Bonchev–Trinajstić information content (AvgIpc) is 3.74. The van der Waals surface area contributed by atoms with Crippen LogP contribution >= 0.6 is 0 Å². The SMILES string of the molecule is COc1ccc2c(c1)C1CC1(C(=O)N1CC3COCC(C1)N3C)Cn1c-2c(C2CCCCC2)c2ccc(C(=O)NS(=O)(=O)N(C)C)cc21. The van der Waals surface area contributed by atoms with Gasteiger partial charge in [-0.3, -0.25) is 14.5 Å². The summed E-state index contributed by atoms with van der Waals surface area (Å²) >= 11 is 0. The van der Waals surface area contributed by atoms with E-state index in [1.54, 1.807) is 13.2 Å². The molecule has 3 aromatic rings. The second kappa shape index (κ2) is 11.6. The number of morpholine rings is 1. The molecular formula is C36H45N5O6S. The molecule has 0 spiro atoms. The Kier molecular flexibility index (Phi) is 7.66. The van der Waals surface area contributed by atoms with E-state index < -0.39 is 21.5 Å². The summed E-state index contributed by atoms with van der Waals surface area (Å²) in [6, 6.07) is 12.2. The zero-order chi connectivity index (χ0) is 33.5. The summed E-state index contributed by atoms with van der Waals surface area (Å²) in [5.74, 6) is 0.667. The lowest BCUT2D eigenvalue weighted by atomic mass is 9.81. The molecule has 2 saturated heterocycles. The van der Waals surface area contributed by atoms with Gasteiger partial charge in [0.05, 0.1) is 43.5 Å². The number of likely N-dealkylation sites (N-methyl/N-ethyl adjacent to an activating group) is 1. The van der Waals surface area contributed by atoms with Gasteiger partial charge in [0.2, 0.25) is 5.91 Å². The monoisotopic (exact) mass is 675 g/mol. The number of carbonyl (C=O) groups excluding carboxylic acids is 2. The first-order valence-corrected chi connectivity index (χ1v) is 18.6. The molecule has 1 aromatic heterocycles. The van der Waals surface area contributed by atoms with Gasteiger partial charge >= 0.3 is 10.2 Å². The van der Waals surface area contributed by atoms with Crippen molar-refractivity contribution < 1.29 is 27.5 Å². The first-order valence-electron chi connectivity index (χ1n) is 17.2. The lowest BCUT2D eigenvalue weighted by molar-refractivity contribution is -0.149. The molecule has 12 heteroatoms. The van der Waals surface area contributed by atoms with Gasteiger partial charge in [-0.1, -0.05) is 25.3 Å². The van der Waals surface area contributed by atoms with Crippen molar-refractivity contribution in [3.8, 4) is 17.0 Å². The number of hydrogen-bond donors (Lipinski definition) is 1. The van der Waals surface area contributed by atoms with Crippen LogP contribution in [0.15, 0.2) is 36.4 Å². The van der Waals surface area contributed by atoms with E-state index in [0.29, 0.717) is 38.8 Å². The minimum atomic E-state index is -3.97. The number of hydrogen-bond acceptors (Lipinski definition) is 7. The number of methoxy groups -OCH3 is 1. The zero-order valence-corrected chi connectivity index (χ0v) is 29.0. The van der Waals surface area contributed by atoms with Crippen molar-refractivity contribution in [1.82, 2.24) is 23.4 Å². The summed E-state index contributed by atoms with van der Waals surface area (Å²) in [7, 11) is 2.62. The Hall–Kier alpha value is -3.45. The third kappa shape index (κ3) is 4.97. The summed E-state index contributed by atoms with van der Waals surface area (Å²) in [5, 5.41) is 1.07. The summed E-state index contributed by atoms with van der Waals surface area (Å²) in [5.41, 5.74) is 5.16. The predicted octanol–water partition coefficient (Wildman–Crippen LogP) is 3.93. The van der Waals surface area contributed by atoms with E-state index in [4.69, 9.17) is 9.47 Å². The van der Waals surface area contributed by atoms with E-state index in [1.807, 2.05) is 18.2 Å². The predicted molar refractivity (Wildman–Crippen MR) is 182 cm³/mol. The molecule has 2 aliphatic carbocycles. The number of aromatic nitrogens is 1. The summed E-state index contributed by atoms with van der Waals surface area (Å²) in [6.07, 6.45) is 6.45. The second-order valence-corrected chi connectivity index (χ2v) is 16.6. The third-order valence-corrected chi connectivity index (χ3v) is 13.2. The van der Waals surface area contributed by atoms with Crippen LogP contribution in [0, 0.1) is 5.41 Å². The zero-order valence-electron chi connectivity index (χ0n) is 28.2. The summed E-state index contributed by atoms with van der Waals surface area (Å²) < 4.78 is 42.3. The molecule has 0 radical (unpaired) electrons. The fourth-order valence-corrected chi connectivity index (χ4v) is 9.52. The van der Waals surface area contributed by atoms with Crippen molar-refractivity contribution in [2.75, 3.05) is 54.6 Å². The van der Waals surface area contributed by atoms with E-state index >= 15 is 0 Å². The normalized spacial score (nSPS) is 27.2. The van der Waals surface area contributed by atoms with E-state index in [1.165, 1.54) is 26.1 Å². The maximum absolute atomic E-state index is 14.9. The van der Waals surface area contributed by atoms with Gasteiger partial charge in [0.25, 0.3) is 5.91 Å². The number of amides is 2. The molecule has 4 atom stereocenters. The number of ether oxygens (including phenoxy) is 2. The molecule has 4 unspecified atom stereocenters. The van der Waals surface area contributed by atoms with Gasteiger partial charge in [0.1, 0.15) is 5.75 Å². The maximum atomic E-state index is 14.9. The molecule has 2 bridgehead atoms. The Labute approximate surface area is 282 Å². The first-order chi connectivity index (χ1) is 23.0. The highest BCUT2D eigenvalue weighted by atomic mass is 32.2. The van der Waals surface area contributed by atoms with Gasteiger partial charge in [-0.2, -0.15) is 12.7 Å². The Balaban J connectivity index is 1.30. The molecule has 2 amide bonds. The topological polar surface area (TPSA) is 113 Å². The van der Waals surface area contributed by atoms with Crippen molar-refractivity contribution in [1.29, 1.82) is 0 Å². The fourth-order valence-electron chi connectivity index (χ4n) is 8.99. The molecular weight excluding hydrogens is 630 g/mol. The van der Waals surface area contributed by atoms with E-state index in [-0.39, 0.29) is 29.5 Å². The van der Waals surface area contributed by atoms with E-state index in [9.17, 15) is 18.0 Å². The van der Waals surface area contributed by atoms with Crippen molar-refractivity contribution in [2.45, 2.75) is 69.0 Å². The summed E-state index contributed by atoms with van der Waals surface area (Å²) in [6.45, 7) is 3.02. The number of nitrogens with zero attached hydrogens (tertiary/aromatic N) is 4.